The lowest BCUT2D eigenvalue weighted by atomic mass is 9.96. The highest BCUT2D eigenvalue weighted by atomic mass is 16.5. The molecule has 1 atom stereocenters. The second-order valence-electron chi connectivity index (χ2n) is 4.10. The Morgan fingerprint density at radius 3 is 2.62 bits per heavy atom. The van der Waals surface area contributed by atoms with E-state index in [1.54, 1.807) is 0 Å². The van der Waals surface area contributed by atoms with E-state index in [-0.39, 0.29) is 12.5 Å². The van der Waals surface area contributed by atoms with Crippen molar-refractivity contribution >= 4 is 0 Å². The molecular formula is C14H22O2. The van der Waals surface area contributed by atoms with Gasteiger partial charge in [0.05, 0.1) is 6.61 Å². The summed E-state index contributed by atoms with van der Waals surface area (Å²) in [5, 5.41) is 9.25. The molecule has 0 aliphatic carbocycles. The molecule has 0 aromatic heterocycles. The summed E-state index contributed by atoms with van der Waals surface area (Å²) < 4.78 is 5.73. The summed E-state index contributed by atoms with van der Waals surface area (Å²) in [6.07, 6.45) is 2.14. The summed E-state index contributed by atoms with van der Waals surface area (Å²) in [6.45, 7) is 7.02. The van der Waals surface area contributed by atoms with Gasteiger partial charge >= 0.3 is 0 Å². The molecule has 0 fully saturated rings. The lowest BCUT2D eigenvalue weighted by Crippen LogP contribution is -2.06. The van der Waals surface area contributed by atoms with Crippen molar-refractivity contribution in [2.45, 2.75) is 39.5 Å². The topological polar surface area (TPSA) is 29.5 Å². The molecule has 0 saturated carbocycles. The first-order valence-corrected chi connectivity index (χ1v) is 6.10. The van der Waals surface area contributed by atoms with Gasteiger partial charge in [0.25, 0.3) is 0 Å². The fraction of sp³-hybridized carbons (Fsp3) is 0.571. The van der Waals surface area contributed by atoms with Gasteiger partial charge in [0.2, 0.25) is 0 Å². The van der Waals surface area contributed by atoms with Crippen LogP contribution in [0.1, 0.15) is 44.2 Å². The fourth-order valence-electron chi connectivity index (χ4n) is 1.88. The highest BCUT2D eigenvalue weighted by molar-refractivity contribution is 5.43. The highest BCUT2D eigenvalue weighted by Gasteiger charge is 2.13. The van der Waals surface area contributed by atoms with Gasteiger partial charge in [0.15, 0.2) is 0 Å². The van der Waals surface area contributed by atoms with Crippen LogP contribution in [0.2, 0.25) is 0 Å². The van der Waals surface area contributed by atoms with Crippen molar-refractivity contribution in [1.82, 2.24) is 0 Å². The first-order valence-electron chi connectivity index (χ1n) is 6.10. The molecule has 1 unspecified atom stereocenters. The first kappa shape index (κ1) is 13.0. The third-order valence-electron chi connectivity index (χ3n) is 2.74. The van der Waals surface area contributed by atoms with Crippen molar-refractivity contribution in [3.8, 4) is 5.75 Å². The minimum Gasteiger partial charge on any atom is -0.493 e. The van der Waals surface area contributed by atoms with Gasteiger partial charge < -0.3 is 9.84 Å². The van der Waals surface area contributed by atoms with Gasteiger partial charge in [0.1, 0.15) is 5.75 Å². The van der Waals surface area contributed by atoms with Crippen LogP contribution in [0.25, 0.3) is 0 Å². The lowest BCUT2D eigenvalue weighted by molar-refractivity contribution is 0.266. The van der Waals surface area contributed by atoms with Crippen molar-refractivity contribution < 1.29 is 9.84 Å². The molecule has 0 spiro atoms. The fourth-order valence-corrected chi connectivity index (χ4v) is 1.88. The van der Waals surface area contributed by atoms with Crippen LogP contribution in [-0.2, 0) is 6.42 Å². The Hall–Kier alpha value is -1.02. The molecule has 0 heterocycles. The lowest BCUT2D eigenvalue weighted by Gasteiger charge is -2.18. The number of aliphatic hydroxyl groups excluding tert-OH is 1. The van der Waals surface area contributed by atoms with Crippen LogP contribution >= 0.6 is 0 Å². The molecule has 0 amide bonds. The first-order chi connectivity index (χ1) is 7.74. The Bertz CT molecular complexity index is 321. The molecule has 2 nitrogen and oxygen atoms in total. The average Bonchev–Trinajstić information content (AvgIpc) is 2.31. The summed E-state index contributed by atoms with van der Waals surface area (Å²) in [6, 6.07) is 6.21. The third kappa shape index (κ3) is 2.99. The van der Waals surface area contributed by atoms with Crippen LogP contribution in [0.4, 0.5) is 0 Å². The standard InChI is InChI=1S/C14H22O2/c1-4-7-12-8-6-9-13(11(3)10-15)14(12)16-5-2/h6,8-9,11,15H,4-5,7,10H2,1-3H3. The van der Waals surface area contributed by atoms with Crippen LogP contribution in [0.3, 0.4) is 0 Å². The number of hydrogen-bond donors (Lipinski definition) is 1. The molecule has 90 valence electrons. The number of para-hydroxylation sites is 1. The maximum atomic E-state index is 9.25. The van der Waals surface area contributed by atoms with Gasteiger partial charge in [-0.3, -0.25) is 0 Å². The number of benzene rings is 1. The predicted molar refractivity (Wildman–Crippen MR) is 67.1 cm³/mol. The van der Waals surface area contributed by atoms with Crippen molar-refractivity contribution in [2.75, 3.05) is 13.2 Å². The molecule has 16 heavy (non-hydrogen) atoms. The summed E-state index contributed by atoms with van der Waals surface area (Å²) in [5.41, 5.74) is 2.37. The van der Waals surface area contributed by atoms with Gasteiger partial charge in [-0.25, -0.2) is 0 Å². The normalized spacial score (nSPS) is 12.5. The second-order valence-corrected chi connectivity index (χ2v) is 4.10. The molecule has 0 aliphatic heterocycles. The summed E-state index contributed by atoms with van der Waals surface area (Å²) in [4.78, 5) is 0. The van der Waals surface area contributed by atoms with Gasteiger partial charge in [-0.15, -0.1) is 0 Å². The zero-order valence-corrected chi connectivity index (χ0v) is 10.5. The summed E-state index contributed by atoms with van der Waals surface area (Å²) >= 11 is 0. The van der Waals surface area contributed by atoms with Gasteiger partial charge in [-0.1, -0.05) is 38.5 Å². The minimum atomic E-state index is 0.137. The smallest absolute Gasteiger partial charge is 0.126 e. The van der Waals surface area contributed by atoms with Crippen LogP contribution < -0.4 is 4.74 Å². The maximum absolute atomic E-state index is 9.25. The van der Waals surface area contributed by atoms with Crippen LogP contribution in [0, 0.1) is 0 Å². The minimum absolute atomic E-state index is 0.137. The molecule has 1 aromatic carbocycles. The Morgan fingerprint density at radius 2 is 2.06 bits per heavy atom. The van der Waals surface area contributed by atoms with Gasteiger partial charge in [-0.05, 0) is 24.5 Å². The SMILES string of the molecule is CCCc1cccc(C(C)CO)c1OCC. The molecule has 1 aromatic rings. The number of aryl methyl sites for hydroxylation is 1. The van der Waals surface area contributed by atoms with Gasteiger partial charge in [-0.2, -0.15) is 0 Å². The summed E-state index contributed by atoms with van der Waals surface area (Å²) in [7, 11) is 0. The van der Waals surface area contributed by atoms with Crippen LogP contribution in [0.15, 0.2) is 18.2 Å². The van der Waals surface area contributed by atoms with E-state index in [0.717, 1.165) is 24.2 Å². The zero-order valence-electron chi connectivity index (χ0n) is 10.5. The van der Waals surface area contributed by atoms with Crippen molar-refractivity contribution in [3.05, 3.63) is 29.3 Å². The number of hydrogen-bond acceptors (Lipinski definition) is 2. The van der Waals surface area contributed by atoms with Crippen LogP contribution in [-0.4, -0.2) is 18.3 Å². The monoisotopic (exact) mass is 222 g/mol. The molecule has 0 bridgehead atoms. The second kappa shape index (κ2) is 6.54. The average molecular weight is 222 g/mol. The highest BCUT2D eigenvalue weighted by Crippen LogP contribution is 2.31. The molecule has 0 aliphatic rings. The number of ether oxygens (including phenoxy) is 1. The molecule has 0 saturated heterocycles. The van der Waals surface area contributed by atoms with E-state index >= 15 is 0 Å². The van der Waals surface area contributed by atoms with Crippen LogP contribution in [0.5, 0.6) is 5.75 Å². The quantitative estimate of drug-likeness (QED) is 0.801. The summed E-state index contributed by atoms with van der Waals surface area (Å²) in [5.74, 6) is 1.12. The Kier molecular flexibility index (Phi) is 5.33. The van der Waals surface area contributed by atoms with E-state index in [1.807, 2.05) is 19.9 Å². The largest absolute Gasteiger partial charge is 0.493 e. The molecule has 2 heteroatoms. The predicted octanol–water partition coefficient (Wildman–Crippen LogP) is 3.13. The van der Waals surface area contributed by atoms with Crippen molar-refractivity contribution in [2.24, 2.45) is 0 Å². The molecule has 0 radical (unpaired) electrons. The van der Waals surface area contributed by atoms with E-state index in [0.29, 0.717) is 6.61 Å². The van der Waals surface area contributed by atoms with Gasteiger partial charge in [0, 0.05) is 12.5 Å². The van der Waals surface area contributed by atoms with Crippen molar-refractivity contribution in [1.29, 1.82) is 0 Å². The Balaban J connectivity index is 3.09. The van der Waals surface area contributed by atoms with Crippen molar-refractivity contribution in [3.63, 3.8) is 0 Å². The zero-order chi connectivity index (χ0) is 12.0. The number of aliphatic hydroxyl groups is 1. The third-order valence-corrected chi connectivity index (χ3v) is 2.74. The maximum Gasteiger partial charge on any atom is 0.126 e. The van der Waals surface area contributed by atoms with E-state index in [9.17, 15) is 5.11 Å². The van der Waals surface area contributed by atoms with E-state index < -0.39 is 0 Å². The van der Waals surface area contributed by atoms with E-state index in [2.05, 4.69) is 19.1 Å². The number of rotatable bonds is 6. The molecule has 1 rings (SSSR count). The Labute approximate surface area is 98.3 Å². The molecular weight excluding hydrogens is 200 g/mol. The Morgan fingerprint density at radius 1 is 1.31 bits per heavy atom. The van der Waals surface area contributed by atoms with E-state index in [4.69, 9.17) is 4.74 Å². The molecule has 1 N–H and O–H groups in total. The van der Waals surface area contributed by atoms with E-state index in [1.165, 1.54) is 5.56 Å².